The molecule has 0 saturated heterocycles. The molecule has 16 heavy (non-hydrogen) atoms. The van der Waals surface area contributed by atoms with Crippen molar-refractivity contribution in [3.63, 3.8) is 0 Å². The van der Waals surface area contributed by atoms with Gasteiger partial charge in [0.25, 0.3) is 0 Å². The largest absolute Gasteiger partial charge is 0.388 e. The average Bonchev–Trinajstić information content (AvgIpc) is 2.65. The Hall–Kier alpha value is -1.75. The smallest absolute Gasteiger partial charge is 0.123 e. The molecule has 2 N–H and O–H groups in total. The van der Waals surface area contributed by atoms with E-state index in [1.54, 1.807) is 12.4 Å². The monoisotopic (exact) mass is 232 g/mol. The molecule has 0 aromatic carbocycles. The zero-order valence-electron chi connectivity index (χ0n) is 8.92. The van der Waals surface area contributed by atoms with Gasteiger partial charge in [-0.1, -0.05) is 18.3 Å². The number of pyridine rings is 1. The normalized spacial score (nSPS) is 10.3. The highest BCUT2D eigenvalue weighted by molar-refractivity contribution is 7.80. The van der Waals surface area contributed by atoms with E-state index in [0.29, 0.717) is 17.2 Å². The van der Waals surface area contributed by atoms with Crippen LogP contribution < -0.4 is 5.73 Å². The molecule has 5 heteroatoms. The van der Waals surface area contributed by atoms with Crippen LogP contribution in [0, 0.1) is 6.92 Å². The van der Waals surface area contributed by atoms with E-state index >= 15 is 0 Å². The van der Waals surface area contributed by atoms with Crippen molar-refractivity contribution in [2.45, 2.75) is 13.5 Å². The zero-order valence-corrected chi connectivity index (χ0v) is 9.74. The quantitative estimate of drug-likeness (QED) is 0.810. The first-order chi connectivity index (χ1) is 7.68. The lowest BCUT2D eigenvalue weighted by Crippen LogP contribution is -2.16. The van der Waals surface area contributed by atoms with Crippen molar-refractivity contribution in [3.8, 4) is 0 Å². The van der Waals surface area contributed by atoms with Gasteiger partial charge in [0.1, 0.15) is 16.5 Å². The molecule has 0 fully saturated rings. The second kappa shape index (κ2) is 4.40. The number of rotatable bonds is 3. The van der Waals surface area contributed by atoms with Gasteiger partial charge in [-0.05, 0) is 13.0 Å². The second-order valence-corrected chi connectivity index (χ2v) is 3.92. The van der Waals surface area contributed by atoms with E-state index < -0.39 is 0 Å². The van der Waals surface area contributed by atoms with Gasteiger partial charge in [-0.2, -0.15) is 0 Å². The number of thiocarbonyl (C=S) groups is 1. The Labute approximate surface area is 99.1 Å². The maximum absolute atomic E-state index is 5.63. The second-order valence-electron chi connectivity index (χ2n) is 3.48. The van der Waals surface area contributed by atoms with Crippen LogP contribution in [0.25, 0.3) is 0 Å². The molecule has 2 aromatic heterocycles. The maximum Gasteiger partial charge on any atom is 0.123 e. The van der Waals surface area contributed by atoms with E-state index in [1.807, 2.05) is 29.8 Å². The van der Waals surface area contributed by atoms with Gasteiger partial charge in [0.15, 0.2) is 0 Å². The van der Waals surface area contributed by atoms with Gasteiger partial charge < -0.3 is 10.3 Å². The van der Waals surface area contributed by atoms with Crippen LogP contribution in [0.5, 0.6) is 0 Å². The lowest BCUT2D eigenvalue weighted by Gasteiger charge is -2.08. The van der Waals surface area contributed by atoms with Gasteiger partial charge in [0, 0.05) is 24.2 Å². The molecule has 0 spiro atoms. The first-order valence-electron chi connectivity index (χ1n) is 4.90. The van der Waals surface area contributed by atoms with Gasteiger partial charge in [-0.25, -0.2) is 4.98 Å². The molecule has 0 radical (unpaired) electrons. The zero-order chi connectivity index (χ0) is 11.5. The fourth-order valence-electron chi connectivity index (χ4n) is 1.54. The summed E-state index contributed by atoms with van der Waals surface area (Å²) in [5.41, 5.74) is 7.32. The Morgan fingerprint density at radius 1 is 1.44 bits per heavy atom. The summed E-state index contributed by atoms with van der Waals surface area (Å²) in [4.78, 5) is 8.68. The van der Waals surface area contributed by atoms with Crippen molar-refractivity contribution in [2.75, 3.05) is 0 Å². The predicted octanol–water partition coefficient (Wildman–Crippen LogP) is 1.27. The summed E-state index contributed by atoms with van der Waals surface area (Å²) in [5.74, 6) is 0.956. The van der Waals surface area contributed by atoms with Crippen LogP contribution in [0.4, 0.5) is 0 Å². The van der Waals surface area contributed by atoms with Crippen molar-refractivity contribution in [1.29, 1.82) is 0 Å². The first-order valence-corrected chi connectivity index (χ1v) is 5.30. The van der Waals surface area contributed by atoms with E-state index in [-0.39, 0.29) is 0 Å². The number of nitrogens with zero attached hydrogens (tertiary/aromatic N) is 3. The maximum atomic E-state index is 5.63. The molecule has 0 saturated carbocycles. The third kappa shape index (κ3) is 2.09. The highest BCUT2D eigenvalue weighted by atomic mass is 32.1. The van der Waals surface area contributed by atoms with E-state index in [1.165, 1.54) is 0 Å². The molecule has 82 valence electrons. The minimum Gasteiger partial charge on any atom is -0.388 e. The predicted molar refractivity (Wildman–Crippen MR) is 66.2 cm³/mol. The minimum atomic E-state index is 0.327. The van der Waals surface area contributed by atoms with E-state index in [0.717, 1.165) is 11.4 Å². The Morgan fingerprint density at radius 2 is 2.25 bits per heavy atom. The summed E-state index contributed by atoms with van der Waals surface area (Å²) in [6.45, 7) is 2.64. The Balaban J connectivity index is 2.35. The third-order valence-electron chi connectivity index (χ3n) is 2.39. The molecule has 2 heterocycles. The fraction of sp³-hybridized carbons (Fsp3) is 0.182. The van der Waals surface area contributed by atoms with Gasteiger partial charge in [0.05, 0.1) is 6.54 Å². The van der Waals surface area contributed by atoms with E-state index in [4.69, 9.17) is 18.0 Å². The van der Waals surface area contributed by atoms with Crippen molar-refractivity contribution in [1.82, 2.24) is 14.5 Å². The minimum absolute atomic E-state index is 0.327. The highest BCUT2D eigenvalue weighted by Gasteiger charge is 2.07. The summed E-state index contributed by atoms with van der Waals surface area (Å²) >= 11 is 4.97. The van der Waals surface area contributed by atoms with Crippen molar-refractivity contribution in [3.05, 3.63) is 47.8 Å². The summed E-state index contributed by atoms with van der Waals surface area (Å²) < 4.78 is 2.03. The lowest BCUT2D eigenvalue weighted by atomic mass is 10.2. The molecule has 2 rings (SSSR count). The fourth-order valence-corrected chi connectivity index (χ4v) is 1.73. The summed E-state index contributed by atoms with van der Waals surface area (Å²) in [7, 11) is 0. The average molecular weight is 232 g/mol. The van der Waals surface area contributed by atoms with E-state index in [2.05, 4.69) is 9.97 Å². The van der Waals surface area contributed by atoms with Crippen LogP contribution in [-0.4, -0.2) is 19.5 Å². The van der Waals surface area contributed by atoms with Crippen LogP contribution in [0.15, 0.2) is 30.7 Å². The highest BCUT2D eigenvalue weighted by Crippen LogP contribution is 2.09. The Kier molecular flexibility index (Phi) is 2.96. The molecule has 0 amide bonds. The number of aryl methyl sites for hydroxylation is 1. The summed E-state index contributed by atoms with van der Waals surface area (Å²) in [5, 5.41) is 0. The van der Waals surface area contributed by atoms with Crippen LogP contribution in [0.3, 0.4) is 0 Å². The number of nitrogens with two attached hydrogens (primary N) is 1. The number of hydrogen-bond acceptors (Lipinski definition) is 3. The summed E-state index contributed by atoms with van der Waals surface area (Å²) in [6, 6.07) is 3.85. The molecule has 0 aliphatic carbocycles. The number of hydrogen-bond donors (Lipinski definition) is 1. The Bertz CT molecular complexity index is 518. The Morgan fingerprint density at radius 3 is 2.88 bits per heavy atom. The van der Waals surface area contributed by atoms with Gasteiger partial charge in [-0.3, -0.25) is 4.98 Å². The van der Waals surface area contributed by atoms with Crippen molar-refractivity contribution < 1.29 is 0 Å². The van der Waals surface area contributed by atoms with Crippen LogP contribution in [0.1, 0.15) is 17.1 Å². The first kappa shape index (κ1) is 10.8. The number of imidazole rings is 1. The molecule has 0 aliphatic rings. The molecule has 4 nitrogen and oxygen atoms in total. The van der Waals surface area contributed by atoms with Crippen LogP contribution in [0.2, 0.25) is 0 Å². The van der Waals surface area contributed by atoms with Crippen molar-refractivity contribution in [2.24, 2.45) is 5.73 Å². The standard InChI is InChI=1S/C11H12N4S/c1-8-13-5-6-15(8)7-9-3-2-4-14-10(9)11(12)16/h2-6H,7H2,1H3,(H2,12,16). The number of aromatic nitrogens is 3. The van der Waals surface area contributed by atoms with Crippen molar-refractivity contribution >= 4 is 17.2 Å². The molecular formula is C11H12N4S. The SMILES string of the molecule is Cc1nccn1Cc1cccnc1C(N)=S. The molecule has 0 aliphatic heterocycles. The van der Waals surface area contributed by atoms with Gasteiger partial charge in [0.2, 0.25) is 0 Å². The molecular weight excluding hydrogens is 220 g/mol. The summed E-state index contributed by atoms with van der Waals surface area (Å²) in [6.07, 6.45) is 5.39. The van der Waals surface area contributed by atoms with E-state index in [9.17, 15) is 0 Å². The van der Waals surface area contributed by atoms with Crippen LogP contribution in [-0.2, 0) is 6.54 Å². The molecule has 0 atom stereocenters. The third-order valence-corrected chi connectivity index (χ3v) is 2.58. The topological polar surface area (TPSA) is 56.7 Å². The molecule has 2 aromatic rings. The van der Waals surface area contributed by atoms with Gasteiger partial charge in [-0.15, -0.1) is 0 Å². The van der Waals surface area contributed by atoms with Crippen LogP contribution >= 0.6 is 12.2 Å². The lowest BCUT2D eigenvalue weighted by molar-refractivity contribution is 0.757. The van der Waals surface area contributed by atoms with Gasteiger partial charge >= 0.3 is 0 Å². The molecule has 0 unspecified atom stereocenters. The molecule has 0 bridgehead atoms.